The van der Waals surface area contributed by atoms with Crippen molar-refractivity contribution in [2.75, 3.05) is 39.3 Å². The van der Waals surface area contributed by atoms with E-state index in [0.717, 1.165) is 0 Å². The Labute approximate surface area is 216 Å². The number of carbonyl (C=O) groups excluding carboxylic acids is 3. The third kappa shape index (κ3) is 5.51. The highest BCUT2D eigenvalue weighted by Gasteiger charge is 2.40. The smallest absolute Gasteiger partial charge is 0.338 e. The van der Waals surface area contributed by atoms with Crippen molar-refractivity contribution < 1.29 is 23.5 Å². The molecule has 2 aromatic carbocycles. The lowest BCUT2D eigenvalue weighted by molar-refractivity contribution is -0.139. The van der Waals surface area contributed by atoms with Gasteiger partial charge in [-0.15, -0.1) is 0 Å². The molecule has 37 heavy (non-hydrogen) atoms. The van der Waals surface area contributed by atoms with E-state index in [9.17, 15) is 18.8 Å². The van der Waals surface area contributed by atoms with E-state index < -0.39 is 23.9 Å². The summed E-state index contributed by atoms with van der Waals surface area (Å²) < 4.78 is 20.2. The first kappa shape index (κ1) is 26.3. The van der Waals surface area contributed by atoms with Crippen LogP contribution < -0.4 is 5.32 Å². The number of ether oxygens (including phenoxy) is 1. The van der Waals surface area contributed by atoms with Crippen molar-refractivity contribution in [2.24, 2.45) is 0 Å². The maximum Gasteiger partial charge on any atom is 0.338 e. The number of nitrogens with one attached hydrogen (secondary N) is 1. The first-order valence-corrected chi connectivity index (χ1v) is 12.7. The second kappa shape index (κ2) is 11.6. The number of esters is 1. The normalized spacial score (nSPS) is 20.6. The van der Waals surface area contributed by atoms with Gasteiger partial charge in [0.25, 0.3) is 5.91 Å². The average molecular weight is 509 g/mol. The number of halogens is 1. The lowest BCUT2D eigenvalue weighted by Crippen LogP contribution is -2.56. The Balaban J connectivity index is 1.64. The van der Waals surface area contributed by atoms with Gasteiger partial charge in [0.15, 0.2) is 0 Å². The van der Waals surface area contributed by atoms with Gasteiger partial charge in [-0.2, -0.15) is 0 Å². The first-order valence-electron chi connectivity index (χ1n) is 12.7. The summed E-state index contributed by atoms with van der Waals surface area (Å²) in [5.74, 6) is -1.12. The molecular weight excluding hydrogens is 475 g/mol. The van der Waals surface area contributed by atoms with Gasteiger partial charge in [-0.3, -0.25) is 14.6 Å². The lowest BCUT2D eigenvalue weighted by Gasteiger charge is -2.43. The summed E-state index contributed by atoms with van der Waals surface area (Å²) in [6.45, 7) is 7.91. The van der Waals surface area contributed by atoms with Crippen LogP contribution in [0.15, 0.2) is 65.9 Å². The fourth-order valence-electron chi connectivity index (χ4n) is 5.04. The Hall–Kier alpha value is -3.72. The summed E-state index contributed by atoms with van der Waals surface area (Å²) in [5, 5.41) is 2.80. The minimum atomic E-state index is -0.969. The van der Waals surface area contributed by atoms with Gasteiger partial charge in [0, 0.05) is 55.6 Å². The number of hydrogen-bond donors (Lipinski definition) is 1. The molecule has 0 aromatic heterocycles. The largest absolute Gasteiger partial charge is 0.463 e. The summed E-state index contributed by atoms with van der Waals surface area (Å²) in [6, 6.07) is 13.8. The SMILES string of the molecule is CCOC(=O)C1=C(CN2CCN(C(=O)c3ccccc3)[C@@H](C)C2)N(CC)C(=O)N[C@H]1c1ccccc1F. The van der Waals surface area contributed by atoms with Crippen molar-refractivity contribution in [1.82, 2.24) is 20.0 Å². The Morgan fingerprint density at radius 2 is 1.76 bits per heavy atom. The van der Waals surface area contributed by atoms with Crippen LogP contribution in [0.1, 0.15) is 42.7 Å². The van der Waals surface area contributed by atoms with E-state index in [2.05, 4.69) is 10.2 Å². The molecule has 0 unspecified atom stereocenters. The zero-order valence-electron chi connectivity index (χ0n) is 21.4. The number of hydrogen-bond acceptors (Lipinski definition) is 5. The van der Waals surface area contributed by atoms with Crippen LogP contribution in [0.2, 0.25) is 0 Å². The van der Waals surface area contributed by atoms with Gasteiger partial charge in [-0.1, -0.05) is 36.4 Å². The third-order valence-corrected chi connectivity index (χ3v) is 6.83. The van der Waals surface area contributed by atoms with Crippen molar-refractivity contribution in [3.05, 3.63) is 82.8 Å². The molecule has 9 heteroatoms. The van der Waals surface area contributed by atoms with Crippen LogP contribution in [0.4, 0.5) is 9.18 Å². The van der Waals surface area contributed by atoms with Gasteiger partial charge in [-0.05, 0) is 39.0 Å². The number of rotatable bonds is 7. The number of benzene rings is 2. The van der Waals surface area contributed by atoms with Crippen LogP contribution in [0.25, 0.3) is 0 Å². The summed E-state index contributed by atoms with van der Waals surface area (Å²) in [6.07, 6.45) is 0. The second-order valence-electron chi connectivity index (χ2n) is 9.18. The van der Waals surface area contributed by atoms with Crippen LogP contribution in [0.3, 0.4) is 0 Å². The van der Waals surface area contributed by atoms with Crippen molar-refractivity contribution in [1.29, 1.82) is 0 Å². The number of urea groups is 1. The highest BCUT2D eigenvalue weighted by atomic mass is 19.1. The minimum absolute atomic E-state index is 0.0222. The molecule has 3 amide bonds. The topological polar surface area (TPSA) is 82.2 Å². The molecule has 8 nitrogen and oxygen atoms in total. The van der Waals surface area contributed by atoms with Gasteiger partial charge >= 0.3 is 12.0 Å². The number of carbonyl (C=O) groups is 3. The van der Waals surface area contributed by atoms with Gasteiger partial charge in [0.05, 0.1) is 18.2 Å². The quantitative estimate of drug-likeness (QED) is 0.579. The molecular formula is C28H33FN4O4. The summed E-state index contributed by atoms with van der Waals surface area (Å²) in [7, 11) is 0. The Kier molecular flexibility index (Phi) is 8.23. The molecule has 2 aliphatic rings. The first-order chi connectivity index (χ1) is 17.8. The highest BCUT2D eigenvalue weighted by Crippen LogP contribution is 2.33. The third-order valence-electron chi connectivity index (χ3n) is 6.83. The Bertz CT molecular complexity index is 1190. The van der Waals surface area contributed by atoms with Crippen LogP contribution in [-0.4, -0.2) is 78.0 Å². The van der Waals surface area contributed by atoms with E-state index in [1.807, 2.05) is 36.9 Å². The molecule has 2 aliphatic heterocycles. The summed E-state index contributed by atoms with van der Waals surface area (Å²) >= 11 is 0. The van der Waals surface area contributed by atoms with Gasteiger partial charge in [0.2, 0.25) is 0 Å². The van der Waals surface area contributed by atoms with Crippen LogP contribution in [-0.2, 0) is 9.53 Å². The van der Waals surface area contributed by atoms with Crippen molar-refractivity contribution in [2.45, 2.75) is 32.9 Å². The molecule has 2 aromatic rings. The van der Waals surface area contributed by atoms with E-state index in [0.29, 0.717) is 37.4 Å². The van der Waals surface area contributed by atoms with E-state index in [1.54, 1.807) is 37.3 Å². The van der Waals surface area contributed by atoms with Gasteiger partial charge in [0.1, 0.15) is 5.82 Å². The lowest BCUT2D eigenvalue weighted by atomic mass is 9.93. The molecule has 1 fully saturated rings. The maximum absolute atomic E-state index is 14.8. The summed E-state index contributed by atoms with van der Waals surface area (Å²) in [5.41, 5.74) is 1.57. The van der Waals surface area contributed by atoms with Gasteiger partial charge < -0.3 is 15.0 Å². The summed E-state index contributed by atoms with van der Waals surface area (Å²) in [4.78, 5) is 44.8. The number of nitrogens with zero attached hydrogens (tertiary/aromatic N) is 3. The van der Waals surface area contributed by atoms with Crippen molar-refractivity contribution in [3.8, 4) is 0 Å². The Morgan fingerprint density at radius 3 is 2.41 bits per heavy atom. The van der Waals surface area contributed by atoms with Crippen molar-refractivity contribution >= 4 is 17.9 Å². The highest BCUT2D eigenvalue weighted by molar-refractivity contribution is 5.95. The predicted molar refractivity (Wildman–Crippen MR) is 137 cm³/mol. The zero-order chi connectivity index (χ0) is 26.5. The second-order valence-corrected chi connectivity index (χ2v) is 9.18. The molecule has 0 radical (unpaired) electrons. The molecule has 1 saturated heterocycles. The van der Waals surface area contributed by atoms with E-state index in [4.69, 9.17) is 4.74 Å². The molecule has 0 spiro atoms. The maximum atomic E-state index is 14.8. The monoisotopic (exact) mass is 508 g/mol. The minimum Gasteiger partial charge on any atom is -0.463 e. The molecule has 2 heterocycles. The molecule has 0 bridgehead atoms. The standard InChI is InChI=1S/C28H33FN4O4/c1-4-32-23(18-31-15-16-33(19(3)17-31)26(34)20-11-7-6-8-12-20)24(27(35)37-5-2)25(30-28(32)36)21-13-9-10-14-22(21)29/h6-14,19,25H,4-5,15-18H2,1-3H3,(H,30,36)/t19-,25-/m0/s1. The van der Waals surface area contributed by atoms with E-state index >= 15 is 0 Å². The van der Waals surface area contributed by atoms with Crippen LogP contribution in [0, 0.1) is 5.82 Å². The molecule has 0 aliphatic carbocycles. The van der Waals surface area contributed by atoms with Crippen LogP contribution in [0.5, 0.6) is 0 Å². The molecule has 196 valence electrons. The Morgan fingerprint density at radius 1 is 1.05 bits per heavy atom. The van der Waals surface area contributed by atoms with Gasteiger partial charge in [-0.25, -0.2) is 14.0 Å². The van der Waals surface area contributed by atoms with E-state index in [1.165, 1.54) is 11.0 Å². The van der Waals surface area contributed by atoms with E-state index in [-0.39, 0.29) is 36.2 Å². The number of piperazine rings is 1. The zero-order valence-corrected chi connectivity index (χ0v) is 21.4. The molecule has 0 saturated carbocycles. The fraction of sp³-hybridized carbons (Fsp3) is 0.393. The fourth-order valence-corrected chi connectivity index (χ4v) is 5.04. The molecule has 1 N–H and O–H groups in total. The van der Waals surface area contributed by atoms with Crippen LogP contribution >= 0.6 is 0 Å². The number of likely N-dealkylation sites (N-methyl/N-ethyl adjacent to an activating group) is 1. The molecule has 4 rings (SSSR count). The number of amides is 3. The van der Waals surface area contributed by atoms with Crippen molar-refractivity contribution in [3.63, 3.8) is 0 Å². The average Bonchev–Trinajstić information content (AvgIpc) is 2.89. The predicted octanol–water partition coefficient (Wildman–Crippen LogP) is 3.58. The molecule has 2 atom stereocenters.